The van der Waals surface area contributed by atoms with Gasteiger partial charge in [0.15, 0.2) is 5.79 Å². The molecular formula is C28H28N4O5S2. The second-order valence-corrected chi connectivity index (χ2v) is 11.3. The molecule has 0 N–H and O–H groups in total. The zero-order chi connectivity index (χ0) is 27.0. The summed E-state index contributed by atoms with van der Waals surface area (Å²) in [7, 11) is 1.63. The molecule has 0 aliphatic carbocycles. The summed E-state index contributed by atoms with van der Waals surface area (Å²) in [6.45, 7) is 2.89. The molecule has 3 aliphatic heterocycles. The van der Waals surface area contributed by atoms with E-state index in [1.807, 2.05) is 36.4 Å². The molecule has 5 heterocycles. The van der Waals surface area contributed by atoms with Crippen LogP contribution in [-0.2, 0) is 20.7 Å². The quantitative estimate of drug-likeness (QED) is 0.330. The van der Waals surface area contributed by atoms with Crippen LogP contribution in [0.3, 0.4) is 0 Å². The van der Waals surface area contributed by atoms with Crippen LogP contribution >= 0.6 is 24.0 Å². The van der Waals surface area contributed by atoms with E-state index in [2.05, 4.69) is 4.90 Å². The van der Waals surface area contributed by atoms with Crippen LogP contribution in [0, 0.1) is 0 Å². The van der Waals surface area contributed by atoms with E-state index in [9.17, 15) is 9.59 Å². The van der Waals surface area contributed by atoms with Gasteiger partial charge in [-0.15, -0.1) is 0 Å². The Morgan fingerprint density at radius 1 is 1.10 bits per heavy atom. The van der Waals surface area contributed by atoms with Crippen molar-refractivity contribution >= 4 is 51.7 Å². The second-order valence-electron chi connectivity index (χ2n) is 9.61. The fourth-order valence-electron chi connectivity index (χ4n) is 5.16. The Labute approximate surface area is 235 Å². The Morgan fingerprint density at radius 3 is 2.56 bits per heavy atom. The first-order valence-electron chi connectivity index (χ1n) is 12.9. The van der Waals surface area contributed by atoms with E-state index in [4.69, 9.17) is 31.4 Å². The molecule has 1 amide bonds. The molecule has 39 heavy (non-hydrogen) atoms. The number of thioether (sulfide) groups is 1. The number of piperidine rings is 1. The number of carbonyl (C=O) groups excluding carboxylic acids is 1. The molecule has 0 radical (unpaired) electrons. The molecule has 11 heteroatoms. The lowest BCUT2D eigenvalue weighted by molar-refractivity contribution is -0.169. The van der Waals surface area contributed by atoms with Gasteiger partial charge in [-0.05, 0) is 42.3 Å². The second kappa shape index (κ2) is 10.7. The summed E-state index contributed by atoms with van der Waals surface area (Å²) in [6.07, 6.45) is 5.35. The highest BCUT2D eigenvalue weighted by atomic mass is 32.2. The molecule has 3 aliphatic rings. The Bertz CT molecular complexity index is 1500. The lowest BCUT2D eigenvalue weighted by Crippen LogP contribution is -2.46. The molecule has 3 aromatic rings. The first kappa shape index (κ1) is 26.0. The van der Waals surface area contributed by atoms with E-state index in [0.29, 0.717) is 78.4 Å². The molecule has 2 aromatic heterocycles. The summed E-state index contributed by atoms with van der Waals surface area (Å²) in [4.78, 5) is 36.1. The molecule has 0 saturated carbocycles. The minimum atomic E-state index is -0.547. The Hall–Kier alpha value is -3.25. The van der Waals surface area contributed by atoms with Gasteiger partial charge in [0, 0.05) is 38.7 Å². The zero-order valence-electron chi connectivity index (χ0n) is 21.5. The van der Waals surface area contributed by atoms with Gasteiger partial charge < -0.3 is 19.1 Å². The number of pyridine rings is 1. The zero-order valence-corrected chi connectivity index (χ0v) is 23.1. The number of hydrogen-bond acceptors (Lipinski definition) is 9. The van der Waals surface area contributed by atoms with Crippen molar-refractivity contribution in [2.24, 2.45) is 0 Å². The first-order valence-corrected chi connectivity index (χ1v) is 14.1. The molecule has 0 unspecified atom stereocenters. The Balaban J connectivity index is 1.28. The number of anilines is 1. The molecule has 1 aromatic carbocycles. The summed E-state index contributed by atoms with van der Waals surface area (Å²) >= 11 is 6.78. The highest BCUT2D eigenvalue weighted by Crippen LogP contribution is 2.36. The molecule has 202 valence electrons. The molecule has 1 spiro atoms. The van der Waals surface area contributed by atoms with Gasteiger partial charge in [0.25, 0.3) is 11.5 Å². The number of benzene rings is 1. The van der Waals surface area contributed by atoms with Gasteiger partial charge in [-0.3, -0.25) is 18.9 Å². The normalized spacial score (nSPS) is 20.1. The van der Waals surface area contributed by atoms with Gasteiger partial charge in [-0.1, -0.05) is 42.2 Å². The average molecular weight is 565 g/mol. The maximum Gasteiger partial charge on any atom is 0.267 e. The standard InChI is InChI=1S/C28H28N4O5S2/c1-35-20-7-5-19(6-8-20)9-13-32-26(34)22(39-27(32)38)18-21-24(29-23-4-2-3-12-31(23)25(21)33)30-14-10-28(11-15-30)36-16-17-37-28/h2-8,12,18H,9-11,13-17H2,1H3. The molecule has 0 bridgehead atoms. The molecule has 3 fully saturated rings. The highest BCUT2D eigenvalue weighted by Gasteiger charge is 2.41. The van der Waals surface area contributed by atoms with Crippen molar-refractivity contribution in [1.29, 1.82) is 0 Å². The maximum absolute atomic E-state index is 13.7. The van der Waals surface area contributed by atoms with Crippen molar-refractivity contribution in [3.05, 3.63) is 75.0 Å². The topological polar surface area (TPSA) is 85.6 Å². The smallest absolute Gasteiger partial charge is 0.267 e. The summed E-state index contributed by atoms with van der Waals surface area (Å²) < 4.78 is 19.0. The van der Waals surface area contributed by atoms with Gasteiger partial charge in [0.1, 0.15) is 21.5 Å². The van der Waals surface area contributed by atoms with E-state index in [1.54, 1.807) is 30.3 Å². The molecule has 6 rings (SSSR count). The van der Waals surface area contributed by atoms with Crippen LogP contribution in [0.1, 0.15) is 24.0 Å². The molecule has 0 atom stereocenters. The fourth-order valence-corrected chi connectivity index (χ4v) is 6.45. The van der Waals surface area contributed by atoms with E-state index in [0.717, 1.165) is 11.3 Å². The SMILES string of the molecule is COc1ccc(CCN2C(=O)C(=Cc3c(N4CCC5(CC4)OCCO5)nc4ccccn4c3=O)SC2=S)cc1. The number of carbonyl (C=O) groups is 1. The van der Waals surface area contributed by atoms with Crippen molar-refractivity contribution in [2.45, 2.75) is 25.0 Å². The van der Waals surface area contributed by atoms with Crippen LogP contribution in [0.2, 0.25) is 0 Å². The Kier molecular flexibility index (Phi) is 7.15. The monoisotopic (exact) mass is 564 g/mol. The number of hydrogen-bond donors (Lipinski definition) is 0. The lowest BCUT2D eigenvalue weighted by Gasteiger charge is -2.38. The summed E-state index contributed by atoms with van der Waals surface area (Å²) in [6, 6.07) is 13.2. The number of aromatic nitrogens is 2. The summed E-state index contributed by atoms with van der Waals surface area (Å²) in [5, 5.41) is 0. The summed E-state index contributed by atoms with van der Waals surface area (Å²) in [5.41, 5.74) is 1.77. The number of fused-ring (bicyclic) bond motifs is 1. The summed E-state index contributed by atoms with van der Waals surface area (Å²) in [5.74, 6) is 0.593. The number of thiocarbonyl (C=S) groups is 1. The highest BCUT2D eigenvalue weighted by molar-refractivity contribution is 8.26. The third-order valence-corrected chi connectivity index (χ3v) is 8.70. The number of methoxy groups -OCH3 is 1. The van der Waals surface area contributed by atoms with E-state index in [-0.39, 0.29) is 11.5 Å². The van der Waals surface area contributed by atoms with E-state index >= 15 is 0 Å². The minimum Gasteiger partial charge on any atom is -0.497 e. The van der Waals surface area contributed by atoms with E-state index in [1.165, 1.54) is 16.2 Å². The largest absolute Gasteiger partial charge is 0.497 e. The van der Waals surface area contributed by atoms with Gasteiger partial charge in [-0.2, -0.15) is 0 Å². The number of rotatable bonds is 6. The van der Waals surface area contributed by atoms with Crippen molar-refractivity contribution in [3.8, 4) is 5.75 Å². The van der Waals surface area contributed by atoms with E-state index < -0.39 is 5.79 Å². The average Bonchev–Trinajstić information content (AvgIpc) is 3.52. The first-order chi connectivity index (χ1) is 19.0. The molecular weight excluding hydrogens is 536 g/mol. The van der Waals surface area contributed by atoms with Gasteiger partial charge >= 0.3 is 0 Å². The third kappa shape index (κ3) is 5.07. The molecule has 3 saturated heterocycles. The van der Waals surface area contributed by atoms with Crippen LogP contribution in [0.5, 0.6) is 5.75 Å². The van der Waals surface area contributed by atoms with Gasteiger partial charge in [0.2, 0.25) is 0 Å². The van der Waals surface area contributed by atoms with Gasteiger partial charge in [-0.25, -0.2) is 4.98 Å². The van der Waals surface area contributed by atoms with Crippen LogP contribution in [0.25, 0.3) is 11.7 Å². The maximum atomic E-state index is 13.7. The van der Waals surface area contributed by atoms with Gasteiger partial charge in [0.05, 0.1) is 30.8 Å². The number of amides is 1. The van der Waals surface area contributed by atoms with Crippen molar-refractivity contribution in [3.63, 3.8) is 0 Å². The van der Waals surface area contributed by atoms with Crippen LogP contribution in [0.4, 0.5) is 5.82 Å². The minimum absolute atomic E-state index is 0.202. The Morgan fingerprint density at radius 2 is 1.85 bits per heavy atom. The predicted octanol–water partition coefficient (Wildman–Crippen LogP) is 3.49. The fraction of sp³-hybridized carbons (Fsp3) is 0.357. The van der Waals surface area contributed by atoms with Crippen LogP contribution < -0.4 is 15.2 Å². The third-order valence-electron chi connectivity index (χ3n) is 7.32. The van der Waals surface area contributed by atoms with Crippen molar-refractivity contribution in [2.75, 3.05) is 44.9 Å². The van der Waals surface area contributed by atoms with Crippen molar-refractivity contribution < 1.29 is 19.0 Å². The molecule has 9 nitrogen and oxygen atoms in total. The van der Waals surface area contributed by atoms with Crippen LogP contribution in [0.15, 0.2) is 58.4 Å². The van der Waals surface area contributed by atoms with Crippen LogP contribution in [-0.4, -0.2) is 70.3 Å². The number of ether oxygens (including phenoxy) is 3. The lowest BCUT2D eigenvalue weighted by atomic mass is 10.0. The number of nitrogens with zero attached hydrogens (tertiary/aromatic N) is 4. The predicted molar refractivity (Wildman–Crippen MR) is 154 cm³/mol. The van der Waals surface area contributed by atoms with Crippen molar-refractivity contribution in [1.82, 2.24) is 14.3 Å².